The third kappa shape index (κ3) is 9.13. The predicted octanol–water partition coefficient (Wildman–Crippen LogP) is 26.8. The van der Waals surface area contributed by atoms with E-state index in [1.54, 1.807) is 0 Å². The van der Waals surface area contributed by atoms with Crippen molar-refractivity contribution in [3.8, 4) is 66.8 Å². The van der Waals surface area contributed by atoms with Crippen LogP contribution in [-0.4, -0.2) is 0 Å². The van der Waals surface area contributed by atoms with E-state index in [0.717, 1.165) is 56.4 Å². The molecule has 0 fully saturated rings. The Morgan fingerprint density at radius 1 is 0.187 bits per heavy atom. The number of anilines is 6. The summed E-state index contributed by atoms with van der Waals surface area (Å²) in [6.45, 7) is 4.46. The Balaban J connectivity index is 0.769. The van der Waals surface area contributed by atoms with Gasteiger partial charge in [0.2, 0.25) is 0 Å². The zero-order valence-corrected chi connectivity index (χ0v) is 59.5. The Morgan fingerprint density at radius 3 is 0.963 bits per heavy atom. The third-order valence-electron chi connectivity index (χ3n) is 23.9. The zero-order valence-electron chi connectivity index (χ0n) is 59.5. The standard InChI is InChI=1S/C105H72N2/c1-69-47-57-88-91-60-54-80(66-99(91)103(97(88)63-69,74-31-10-4-11-32-74)75-33-12-5-13-34-75)106(81-55-61-92-89-58-48-70(2)64-98(89)104(100(92)67-81,76-35-14-6-15-36-76)77-37-16-7-17-38-77)79-53-59-83(93(65-79)72-27-8-3-9-28-72)73-49-51-78(52-50-73)107(102-46-26-30-71-29-18-19-39-84(71)102)82-56-62-90-87-42-22-25-45-96(87)105(101(90)68-82)94-43-23-20-40-85(94)86-41-21-24-44-95(86)105/h3-68H,1-2H3. The van der Waals surface area contributed by atoms with Gasteiger partial charge in [0.05, 0.1) is 21.9 Å². The number of aryl methyl sites for hydroxylation is 2. The summed E-state index contributed by atoms with van der Waals surface area (Å²) >= 11 is 0. The van der Waals surface area contributed by atoms with Crippen LogP contribution in [0, 0.1) is 13.8 Å². The number of benzene rings is 17. The van der Waals surface area contributed by atoms with Crippen LogP contribution >= 0.6 is 0 Å². The number of fused-ring (bicyclic) bond motifs is 17. The average Bonchev–Trinajstić information content (AvgIpc) is 1.54. The summed E-state index contributed by atoms with van der Waals surface area (Å²) < 4.78 is 0. The second kappa shape index (κ2) is 24.4. The third-order valence-corrected chi connectivity index (χ3v) is 23.9. The van der Waals surface area contributed by atoms with Gasteiger partial charge in [-0.15, -0.1) is 0 Å². The SMILES string of the molecule is Cc1ccc2c(c1)C(c1ccccc1)(c1ccccc1)c1cc(N(c3ccc(-c4ccc(N(c5ccc6c(c5)C5(c7ccccc7-c7ccccc75)c5ccccc5-6)c5cccc6ccccc56)cc4)c(-c4ccccc4)c3)c3ccc4c(c3)C(c3ccccc3)(c3ccccc3)c3cc(C)ccc3-4)ccc1-2. The summed E-state index contributed by atoms with van der Waals surface area (Å²) in [4.78, 5) is 5.05. The fraction of sp³-hybridized carbons (Fsp3) is 0.0476. The van der Waals surface area contributed by atoms with Crippen molar-refractivity contribution >= 4 is 44.9 Å². The molecular weight excluding hydrogens is 1290 g/mol. The van der Waals surface area contributed by atoms with E-state index in [-0.39, 0.29) is 0 Å². The van der Waals surface area contributed by atoms with E-state index < -0.39 is 16.2 Å². The number of nitrogens with zero attached hydrogens (tertiary/aromatic N) is 2. The molecule has 0 saturated heterocycles. The van der Waals surface area contributed by atoms with E-state index in [4.69, 9.17) is 0 Å². The lowest BCUT2D eigenvalue weighted by molar-refractivity contribution is 0.766. The average molecular weight is 1360 g/mol. The molecule has 21 rings (SSSR count). The first kappa shape index (κ1) is 62.2. The molecule has 0 unspecified atom stereocenters. The molecule has 0 bridgehead atoms. The van der Waals surface area contributed by atoms with E-state index >= 15 is 0 Å². The van der Waals surface area contributed by atoms with Crippen molar-refractivity contribution in [2.24, 2.45) is 0 Å². The number of hydrogen-bond donors (Lipinski definition) is 0. The van der Waals surface area contributed by atoms with Gasteiger partial charge in [0.15, 0.2) is 0 Å². The highest BCUT2D eigenvalue weighted by molar-refractivity contribution is 6.02. The molecule has 2 nitrogen and oxygen atoms in total. The minimum Gasteiger partial charge on any atom is -0.310 e. The van der Waals surface area contributed by atoms with Crippen molar-refractivity contribution < 1.29 is 0 Å². The smallest absolute Gasteiger partial charge is 0.0726 e. The highest BCUT2D eigenvalue weighted by Gasteiger charge is 2.53. The van der Waals surface area contributed by atoms with Crippen LogP contribution in [0.3, 0.4) is 0 Å². The van der Waals surface area contributed by atoms with Gasteiger partial charge < -0.3 is 9.80 Å². The number of rotatable bonds is 12. The van der Waals surface area contributed by atoms with Crippen LogP contribution in [0.1, 0.15) is 77.9 Å². The molecule has 502 valence electrons. The molecule has 2 heteroatoms. The number of hydrogen-bond acceptors (Lipinski definition) is 2. The summed E-state index contributed by atoms with van der Waals surface area (Å²) in [5.41, 5.74) is 37.1. The first-order valence-corrected chi connectivity index (χ1v) is 37.4. The van der Waals surface area contributed by atoms with Gasteiger partial charge in [-0.25, -0.2) is 0 Å². The van der Waals surface area contributed by atoms with Gasteiger partial charge in [-0.05, 0) is 219 Å². The van der Waals surface area contributed by atoms with Crippen LogP contribution in [0.2, 0.25) is 0 Å². The van der Waals surface area contributed by atoms with E-state index in [1.165, 1.54) is 133 Å². The Morgan fingerprint density at radius 2 is 0.505 bits per heavy atom. The normalized spacial score (nSPS) is 13.7. The van der Waals surface area contributed by atoms with Gasteiger partial charge in [0.1, 0.15) is 0 Å². The van der Waals surface area contributed by atoms with E-state index in [1.807, 2.05) is 0 Å². The first-order valence-electron chi connectivity index (χ1n) is 37.4. The quantitative estimate of drug-likeness (QED) is 0.120. The van der Waals surface area contributed by atoms with Crippen molar-refractivity contribution in [1.82, 2.24) is 0 Å². The molecule has 0 heterocycles. The maximum Gasteiger partial charge on any atom is 0.0726 e. The monoisotopic (exact) mass is 1360 g/mol. The molecule has 0 radical (unpaired) electrons. The van der Waals surface area contributed by atoms with Crippen LogP contribution in [0.25, 0.3) is 77.5 Å². The topological polar surface area (TPSA) is 6.48 Å². The molecule has 0 N–H and O–H groups in total. The summed E-state index contributed by atoms with van der Waals surface area (Å²) in [7, 11) is 0. The molecule has 0 atom stereocenters. The van der Waals surface area contributed by atoms with E-state index in [0.29, 0.717) is 0 Å². The molecule has 17 aromatic carbocycles. The van der Waals surface area contributed by atoms with Crippen LogP contribution in [0.5, 0.6) is 0 Å². The van der Waals surface area contributed by atoms with Crippen LogP contribution < -0.4 is 9.80 Å². The molecule has 4 aliphatic rings. The lowest BCUT2D eigenvalue weighted by atomic mass is 9.67. The Bertz CT molecular complexity index is 6060. The molecule has 1 spiro atoms. The molecule has 17 aromatic rings. The van der Waals surface area contributed by atoms with Gasteiger partial charge >= 0.3 is 0 Å². The summed E-state index contributed by atoms with van der Waals surface area (Å²) in [5.74, 6) is 0. The van der Waals surface area contributed by atoms with Crippen molar-refractivity contribution in [3.05, 3.63) is 478 Å². The van der Waals surface area contributed by atoms with Crippen LogP contribution in [-0.2, 0) is 16.2 Å². The Hall–Kier alpha value is -13.4. The van der Waals surface area contributed by atoms with E-state index in [9.17, 15) is 0 Å². The molecule has 107 heavy (non-hydrogen) atoms. The second-order valence-electron chi connectivity index (χ2n) is 29.5. The van der Waals surface area contributed by atoms with Crippen molar-refractivity contribution in [2.45, 2.75) is 30.1 Å². The summed E-state index contributed by atoms with van der Waals surface area (Å²) in [6, 6.07) is 151. The molecule has 4 aliphatic carbocycles. The maximum atomic E-state index is 2.55. The van der Waals surface area contributed by atoms with Gasteiger partial charge in [0.25, 0.3) is 0 Å². The Kier molecular flexibility index (Phi) is 14.2. The van der Waals surface area contributed by atoms with Gasteiger partial charge in [-0.3, -0.25) is 0 Å². The molecule has 0 amide bonds. The summed E-state index contributed by atoms with van der Waals surface area (Å²) in [5, 5.41) is 2.37. The largest absolute Gasteiger partial charge is 0.310 e. The summed E-state index contributed by atoms with van der Waals surface area (Å²) in [6.07, 6.45) is 0. The van der Waals surface area contributed by atoms with Gasteiger partial charge in [0, 0.05) is 33.8 Å². The predicted molar refractivity (Wildman–Crippen MR) is 445 cm³/mol. The molecule has 0 aliphatic heterocycles. The first-order chi connectivity index (χ1) is 52.9. The molecular formula is C105H72N2. The van der Waals surface area contributed by atoms with Crippen molar-refractivity contribution in [2.75, 3.05) is 9.80 Å². The lowest BCUT2D eigenvalue weighted by Crippen LogP contribution is -2.29. The maximum absolute atomic E-state index is 2.55. The lowest BCUT2D eigenvalue weighted by Gasteiger charge is -2.36. The second-order valence-corrected chi connectivity index (χ2v) is 29.5. The van der Waals surface area contributed by atoms with Crippen LogP contribution in [0.4, 0.5) is 34.1 Å². The van der Waals surface area contributed by atoms with Gasteiger partial charge in [-0.2, -0.15) is 0 Å². The molecule has 0 saturated carbocycles. The van der Waals surface area contributed by atoms with Crippen molar-refractivity contribution in [1.29, 1.82) is 0 Å². The minimum absolute atomic E-state index is 0.500. The van der Waals surface area contributed by atoms with Gasteiger partial charge in [-0.1, -0.05) is 345 Å². The van der Waals surface area contributed by atoms with Crippen LogP contribution in [0.15, 0.2) is 400 Å². The highest BCUT2D eigenvalue weighted by atomic mass is 15.1. The van der Waals surface area contributed by atoms with Crippen molar-refractivity contribution in [3.63, 3.8) is 0 Å². The fourth-order valence-electron chi connectivity index (χ4n) is 19.5. The minimum atomic E-state index is -0.633. The fourth-order valence-corrected chi connectivity index (χ4v) is 19.5. The Labute approximate surface area is 625 Å². The van der Waals surface area contributed by atoms with E-state index in [2.05, 4.69) is 424 Å². The molecule has 0 aromatic heterocycles. The zero-order chi connectivity index (χ0) is 71.0. The highest BCUT2D eigenvalue weighted by Crippen LogP contribution is 2.65.